The van der Waals surface area contributed by atoms with E-state index in [1.165, 1.54) is 5.56 Å². The average Bonchev–Trinajstić information content (AvgIpc) is 3.39. The van der Waals surface area contributed by atoms with Crippen molar-refractivity contribution in [3.8, 4) is 5.75 Å². The van der Waals surface area contributed by atoms with Gasteiger partial charge < -0.3 is 20.7 Å². The molecule has 1 aromatic carbocycles. The summed E-state index contributed by atoms with van der Waals surface area (Å²) in [5, 5.41) is 2.90. The summed E-state index contributed by atoms with van der Waals surface area (Å²) in [5.41, 5.74) is 7.12. The van der Waals surface area contributed by atoms with Crippen LogP contribution in [0.2, 0.25) is 0 Å². The van der Waals surface area contributed by atoms with Gasteiger partial charge in [0.15, 0.2) is 12.6 Å². The lowest BCUT2D eigenvalue weighted by atomic mass is 10.1. The summed E-state index contributed by atoms with van der Waals surface area (Å²) >= 11 is 0. The van der Waals surface area contributed by atoms with E-state index in [2.05, 4.69) is 24.2 Å². The van der Waals surface area contributed by atoms with E-state index in [1.807, 2.05) is 29.2 Å². The Morgan fingerprint density at radius 3 is 2.54 bits per heavy atom. The van der Waals surface area contributed by atoms with Gasteiger partial charge in [-0.15, -0.1) is 0 Å². The molecule has 3 N–H and O–H groups in total. The minimum Gasteiger partial charge on any atom is -0.484 e. The van der Waals surface area contributed by atoms with Gasteiger partial charge in [-0.1, -0.05) is 12.1 Å². The van der Waals surface area contributed by atoms with Crippen LogP contribution < -0.4 is 15.8 Å². The molecule has 1 aromatic rings. The molecule has 0 aliphatic heterocycles. The molecule has 0 atom stereocenters. The van der Waals surface area contributed by atoms with Crippen molar-refractivity contribution in [3.63, 3.8) is 0 Å². The number of amides is 1. The van der Waals surface area contributed by atoms with Gasteiger partial charge in [0.05, 0.1) is 0 Å². The quantitative estimate of drug-likeness (QED) is 0.531. The lowest BCUT2D eigenvalue weighted by Gasteiger charge is -2.19. The molecular weight excluding hydrogens is 304 g/mol. The number of hydrogen-bond donors (Lipinski definition) is 2. The van der Waals surface area contributed by atoms with Crippen molar-refractivity contribution in [3.05, 3.63) is 29.8 Å². The monoisotopic (exact) mass is 332 g/mol. The highest BCUT2D eigenvalue weighted by molar-refractivity contribution is 5.78. The maximum atomic E-state index is 11.6. The van der Waals surface area contributed by atoms with Gasteiger partial charge in [0, 0.05) is 25.7 Å². The number of benzene rings is 1. The first kappa shape index (κ1) is 18.1. The first-order chi connectivity index (χ1) is 11.6. The number of hydrogen-bond acceptors (Lipinski definition) is 3. The van der Waals surface area contributed by atoms with Gasteiger partial charge in [-0.05, 0) is 50.8 Å². The minimum absolute atomic E-state index is 0.0530. The summed E-state index contributed by atoms with van der Waals surface area (Å²) in [6.07, 6.45) is 2.99. The fourth-order valence-electron chi connectivity index (χ4n) is 2.35. The van der Waals surface area contributed by atoms with Crippen LogP contribution in [0.5, 0.6) is 5.75 Å². The third kappa shape index (κ3) is 6.10. The Morgan fingerprint density at radius 2 is 1.96 bits per heavy atom. The number of nitrogens with zero attached hydrogens (tertiary/aromatic N) is 2. The van der Waals surface area contributed by atoms with E-state index >= 15 is 0 Å². The molecule has 1 saturated carbocycles. The first-order valence-electron chi connectivity index (χ1n) is 8.68. The van der Waals surface area contributed by atoms with E-state index in [1.54, 1.807) is 0 Å². The molecule has 0 unspecified atom stereocenters. The van der Waals surface area contributed by atoms with Gasteiger partial charge in [0.25, 0.3) is 5.91 Å². The maximum Gasteiger partial charge on any atom is 0.258 e. The third-order valence-corrected chi connectivity index (χ3v) is 4.00. The Hall–Kier alpha value is -2.24. The minimum atomic E-state index is -0.0530. The van der Waals surface area contributed by atoms with Crippen molar-refractivity contribution < 1.29 is 9.53 Å². The van der Waals surface area contributed by atoms with Crippen LogP contribution in [0.4, 0.5) is 0 Å². The molecule has 6 heteroatoms. The van der Waals surface area contributed by atoms with Gasteiger partial charge in [-0.3, -0.25) is 9.79 Å². The second-order valence-electron chi connectivity index (χ2n) is 5.94. The number of guanidine groups is 1. The zero-order valence-electron chi connectivity index (χ0n) is 14.6. The van der Waals surface area contributed by atoms with Crippen molar-refractivity contribution in [1.29, 1.82) is 0 Å². The Kier molecular flexibility index (Phi) is 6.90. The molecule has 0 saturated heterocycles. The fourth-order valence-corrected chi connectivity index (χ4v) is 2.35. The number of aliphatic imine (C=N–C) groups is 1. The van der Waals surface area contributed by atoms with Gasteiger partial charge in [0.1, 0.15) is 5.75 Å². The zero-order valence-corrected chi connectivity index (χ0v) is 14.6. The molecule has 1 aliphatic carbocycles. The Morgan fingerprint density at radius 1 is 1.29 bits per heavy atom. The molecule has 6 nitrogen and oxygen atoms in total. The summed E-state index contributed by atoms with van der Waals surface area (Å²) in [6, 6.07) is 8.14. The van der Waals surface area contributed by atoms with Crippen molar-refractivity contribution in [2.75, 3.05) is 26.2 Å². The summed E-state index contributed by atoms with van der Waals surface area (Å²) in [5.74, 6) is 1.25. The molecular formula is C18H28N4O2. The van der Waals surface area contributed by atoms with Crippen LogP contribution in [0.3, 0.4) is 0 Å². The highest BCUT2D eigenvalue weighted by atomic mass is 16.5. The predicted octanol–water partition coefficient (Wildman–Crippen LogP) is 1.54. The first-order valence-corrected chi connectivity index (χ1v) is 8.68. The van der Waals surface area contributed by atoms with E-state index in [0.29, 0.717) is 24.3 Å². The summed E-state index contributed by atoms with van der Waals surface area (Å²) in [7, 11) is 0. The summed E-state index contributed by atoms with van der Waals surface area (Å²) < 4.78 is 5.49. The van der Waals surface area contributed by atoms with E-state index in [9.17, 15) is 4.79 Å². The average molecular weight is 332 g/mol. The summed E-state index contributed by atoms with van der Waals surface area (Å²) in [6.45, 7) is 6.59. The number of carbonyl (C=O) groups is 1. The highest BCUT2D eigenvalue weighted by Crippen LogP contribution is 2.18. The number of nitrogens with two attached hydrogens (primary N) is 1. The largest absolute Gasteiger partial charge is 0.484 e. The highest BCUT2D eigenvalue weighted by Gasteiger charge is 2.23. The third-order valence-electron chi connectivity index (χ3n) is 4.00. The van der Waals surface area contributed by atoms with Gasteiger partial charge in [-0.25, -0.2) is 0 Å². The van der Waals surface area contributed by atoms with Crippen molar-refractivity contribution >= 4 is 11.9 Å². The molecule has 1 fully saturated rings. The lowest BCUT2D eigenvalue weighted by molar-refractivity contribution is -0.123. The molecule has 24 heavy (non-hydrogen) atoms. The smallest absolute Gasteiger partial charge is 0.258 e. The second kappa shape index (κ2) is 9.15. The van der Waals surface area contributed by atoms with Crippen molar-refractivity contribution in [1.82, 2.24) is 10.2 Å². The van der Waals surface area contributed by atoms with Crippen molar-refractivity contribution in [2.45, 2.75) is 39.2 Å². The van der Waals surface area contributed by atoms with E-state index < -0.39 is 0 Å². The van der Waals surface area contributed by atoms with E-state index in [-0.39, 0.29) is 12.5 Å². The predicted molar refractivity (Wildman–Crippen MR) is 96.2 cm³/mol. The van der Waals surface area contributed by atoms with Crippen LogP contribution >= 0.6 is 0 Å². The van der Waals surface area contributed by atoms with E-state index in [4.69, 9.17) is 10.5 Å². The van der Waals surface area contributed by atoms with Crippen LogP contribution in [0.15, 0.2) is 29.3 Å². The van der Waals surface area contributed by atoms with Crippen LogP contribution in [-0.4, -0.2) is 49.0 Å². The van der Waals surface area contributed by atoms with E-state index in [0.717, 1.165) is 32.4 Å². The number of nitrogens with one attached hydrogen (secondary N) is 1. The summed E-state index contributed by atoms with van der Waals surface area (Å²) in [4.78, 5) is 18.0. The standard InChI is InChI=1S/C18H28N4O2/c1-3-22(4-2)18(19)20-12-11-14-5-9-16(10-6-14)24-13-17(23)21-15-7-8-15/h5-6,9-10,15H,3-4,7-8,11-13H2,1-2H3,(H2,19,20)(H,21,23). The number of carbonyl (C=O) groups excluding carboxylic acids is 1. The Labute approximate surface area is 144 Å². The van der Waals surface area contributed by atoms with Crippen LogP contribution in [0.25, 0.3) is 0 Å². The SMILES string of the molecule is CCN(CC)C(N)=NCCc1ccc(OCC(=O)NC2CC2)cc1. The maximum absolute atomic E-state index is 11.6. The van der Waals surface area contributed by atoms with Crippen molar-refractivity contribution in [2.24, 2.45) is 10.7 Å². The molecule has 1 aliphatic rings. The molecule has 2 rings (SSSR count). The second-order valence-corrected chi connectivity index (χ2v) is 5.94. The Bertz CT molecular complexity index is 549. The van der Waals surface area contributed by atoms with Crippen LogP contribution in [0, 0.1) is 0 Å². The fraction of sp³-hybridized carbons (Fsp3) is 0.556. The Balaban J connectivity index is 1.73. The normalized spacial score (nSPS) is 14.3. The van der Waals surface area contributed by atoms with Gasteiger partial charge in [-0.2, -0.15) is 0 Å². The molecule has 0 radical (unpaired) electrons. The number of rotatable bonds is 9. The molecule has 0 spiro atoms. The number of ether oxygens (including phenoxy) is 1. The topological polar surface area (TPSA) is 79.9 Å². The zero-order chi connectivity index (χ0) is 17.4. The van der Waals surface area contributed by atoms with Gasteiger partial charge in [0.2, 0.25) is 0 Å². The molecule has 1 amide bonds. The molecule has 0 heterocycles. The van der Waals surface area contributed by atoms with Crippen LogP contribution in [-0.2, 0) is 11.2 Å². The lowest BCUT2D eigenvalue weighted by Crippen LogP contribution is -2.37. The van der Waals surface area contributed by atoms with Crippen LogP contribution in [0.1, 0.15) is 32.3 Å². The molecule has 0 aromatic heterocycles. The molecule has 0 bridgehead atoms. The van der Waals surface area contributed by atoms with Gasteiger partial charge >= 0.3 is 0 Å². The molecule has 132 valence electrons.